The molecule has 0 spiro atoms. The Morgan fingerprint density at radius 1 is 1.30 bits per heavy atom. The lowest BCUT2D eigenvalue weighted by Crippen LogP contribution is -2.48. The van der Waals surface area contributed by atoms with Crippen LogP contribution < -0.4 is 10.0 Å². The van der Waals surface area contributed by atoms with Crippen LogP contribution in [0, 0.1) is 12.8 Å². The molecule has 0 aliphatic carbocycles. The van der Waals surface area contributed by atoms with Crippen LogP contribution in [0.25, 0.3) is 10.9 Å². The van der Waals surface area contributed by atoms with E-state index >= 15 is 0 Å². The van der Waals surface area contributed by atoms with Gasteiger partial charge in [-0.1, -0.05) is 25.1 Å². The van der Waals surface area contributed by atoms with Crippen molar-refractivity contribution in [1.82, 2.24) is 14.6 Å². The predicted molar refractivity (Wildman–Crippen MR) is 95.7 cm³/mol. The average molecular weight is 358 g/mol. The monoisotopic (exact) mass is 357 g/mol. The molecule has 2 unspecified atom stereocenters. The van der Waals surface area contributed by atoms with Crippen molar-refractivity contribution >= 4 is 33.3 Å². The Morgan fingerprint density at radius 3 is 2.70 bits per heavy atom. The lowest BCUT2D eigenvalue weighted by Gasteiger charge is -2.30. The number of rotatable bonds is 3. The molecule has 2 N–H and O–H groups in total. The first kappa shape index (κ1) is 18.3. The molecular formula is C16H24ClN3O2S. The van der Waals surface area contributed by atoms with Crippen LogP contribution in [0.4, 0.5) is 0 Å². The molecule has 23 heavy (non-hydrogen) atoms. The third-order valence-electron chi connectivity index (χ3n) is 4.70. The molecule has 1 fully saturated rings. The van der Waals surface area contributed by atoms with Crippen molar-refractivity contribution in [3.05, 3.63) is 30.0 Å². The number of piperidine rings is 1. The molecule has 3 rings (SSSR count). The first-order valence-corrected chi connectivity index (χ1v) is 9.17. The number of aromatic nitrogens is 1. The van der Waals surface area contributed by atoms with Gasteiger partial charge in [-0.25, -0.2) is 13.1 Å². The number of nitrogens with one attached hydrogen (secondary N) is 2. The molecule has 2 atom stereocenters. The van der Waals surface area contributed by atoms with Crippen molar-refractivity contribution in [2.45, 2.75) is 31.2 Å². The zero-order valence-electron chi connectivity index (χ0n) is 13.7. The third kappa shape index (κ3) is 3.26. The Labute approximate surface area is 143 Å². The van der Waals surface area contributed by atoms with Gasteiger partial charge in [-0.3, -0.25) is 0 Å². The van der Waals surface area contributed by atoms with E-state index in [0.717, 1.165) is 36.1 Å². The second-order valence-corrected chi connectivity index (χ2v) is 7.84. The van der Waals surface area contributed by atoms with Crippen molar-refractivity contribution in [1.29, 1.82) is 0 Å². The van der Waals surface area contributed by atoms with Crippen molar-refractivity contribution < 1.29 is 8.42 Å². The van der Waals surface area contributed by atoms with Crippen LogP contribution in [-0.2, 0) is 17.1 Å². The second-order valence-electron chi connectivity index (χ2n) is 6.19. The molecule has 0 amide bonds. The quantitative estimate of drug-likeness (QED) is 0.885. The van der Waals surface area contributed by atoms with E-state index in [9.17, 15) is 8.42 Å². The number of para-hydroxylation sites is 1. The smallest absolute Gasteiger partial charge is 0.243 e. The van der Waals surface area contributed by atoms with Gasteiger partial charge in [0, 0.05) is 29.7 Å². The van der Waals surface area contributed by atoms with Gasteiger partial charge in [0.25, 0.3) is 0 Å². The summed E-state index contributed by atoms with van der Waals surface area (Å²) >= 11 is 0. The van der Waals surface area contributed by atoms with E-state index in [-0.39, 0.29) is 18.4 Å². The standard InChI is InChI=1S/C16H23N3O2S.ClH/c1-11-10-17-9-8-14(11)18-22(20,21)16-12(2)19(3)15-7-5-4-6-13(15)16;/h4-7,11,14,17-18H,8-10H2,1-3H3;1H. The summed E-state index contributed by atoms with van der Waals surface area (Å²) in [5, 5.41) is 4.08. The average Bonchev–Trinajstić information content (AvgIpc) is 2.74. The van der Waals surface area contributed by atoms with Crippen LogP contribution >= 0.6 is 12.4 Å². The summed E-state index contributed by atoms with van der Waals surface area (Å²) in [6.45, 7) is 5.64. The zero-order chi connectivity index (χ0) is 15.9. The first-order chi connectivity index (χ1) is 10.4. The third-order valence-corrected chi connectivity index (χ3v) is 6.37. The summed E-state index contributed by atoms with van der Waals surface area (Å²) in [4.78, 5) is 0.413. The minimum atomic E-state index is -3.53. The maximum absolute atomic E-state index is 12.9. The molecule has 5 nitrogen and oxygen atoms in total. The number of hydrogen-bond donors (Lipinski definition) is 2. The predicted octanol–water partition coefficient (Wildman–Crippen LogP) is 2.18. The summed E-state index contributed by atoms with van der Waals surface area (Å²) in [5.41, 5.74) is 1.72. The highest BCUT2D eigenvalue weighted by atomic mass is 35.5. The maximum atomic E-state index is 12.9. The van der Waals surface area contributed by atoms with Crippen LogP contribution in [0.5, 0.6) is 0 Å². The fourth-order valence-corrected chi connectivity index (χ4v) is 5.13. The molecule has 1 aliphatic heterocycles. The van der Waals surface area contributed by atoms with E-state index in [2.05, 4.69) is 17.0 Å². The normalized spacial score (nSPS) is 22.0. The van der Waals surface area contributed by atoms with Crippen LogP contribution in [0.15, 0.2) is 29.2 Å². The highest BCUT2D eigenvalue weighted by Crippen LogP contribution is 2.29. The Bertz CT molecular complexity index is 801. The molecule has 7 heteroatoms. The molecule has 1 aliphatic rings. The molecule has 128 valence electrons. The lowest BCUT2D eigenvalue weighted by molar-refractivity contribution is 0.328. The summed E-state index contributed by atoms with van der Waals surface area (Å²) < 4.78 is 30.8. The van der Waals surface area contributed by atoms with E-state index < -0.39 is 10.0 Å². The van der Waals surface area contributed by atoms with Crippen LogP contribution in [0.3, 0.4) is 0 Å². The van der Waals surface area contributed by atoms with Crippen LogP contribution in [0.1, 0.15) is 19.0 Å². The summed E-state index contributed by atoms with van der Waals surface area (Å²) in [6.07, 6.45) is 0.824. The number of hydrogen-bond acceptors (Lipinski definition) is 3. The van der Waals surface area contributed by atoms with E-state index in [4.69, 9.17) is 0 Å². The van der Waals surface area contributed by atoms with Gasteiger partial charge in [0.15, 0.2) is 0 Å². The molecule has 1 saturated heterocycles. The summed E-state index contributed by atoms with van der Waals surface area (Å²) in [6, 6.07) is 7.63. The van der Waals surface area contributed by atoms with Crippen molar-refractivity contribution in [3.8, 4) is 0 Å². The van der Waals surface area contributed by atoms with Gasteiger partial charge in [0.05, 0.1) is 0 Å². The zero-order valence-corrected chi connectivity index (χ0v) is 15.3. The highest BCUT2D eigenvalue weighted by Gasteiger charge is 2.30. The first-order valence-electron chi connectivity index (χ1n) is 7.69. The number of halogens is 1. The van der Waals surface area contributed by atoms with E-state index in [1.165, 1.54) is 0 Å². The Morgan fingerprint density at radius 2 is 2.00 bits per heavy atom. The molecule has 0 saturated carbocycles. The highest BCUT2D eigenvalue weighted by molar-refractivity contribution is 7.89. The fraction of sp³-hybridized carbons (Fsp3) is 0.500. The van der Waals surface area contributed by atoms with Gasteiger partial charge >= 0.3 is 0 Å². The van der Waals surface area contributed by atoms with Crippen molar-refractivity contribution in [2.75, 3.05) is 13.1 Å². The molecular weight excluding hydrogens is 334 g/mol. The number of fused-ring (bicyclic) bond motifs is 1. The fourth-order valence-electron chi connectivity index (χ4n) is 3.27. The number of benzene rings is 1. The van der Waals surface area contributed by atoms with E-state index in [1.807, 2.05) is 42.8 Å². The van der Waals surface area contributed by atoms with Gasteiger partial charge in [-0.2, -0.15) is 0 Å². The summed E-state index contributed by atoms with van der Waals surface area (Å²) in [5.74, 6) is 0.291. The number of aryl methyl sites for hydroxylation is 1. The van der Waals surface area contributed by atoms with Crippen LogP contribution in [-0.4, -0.2) is 32.1 Å². The Kier molecular flexibility index (Phi) is 5.41. The van der Waals surface area contributed by atoms with E-state index in [0.29, 0.717) is 10.8 Å². The van der Waals surface area contributed by atoms with Gasteiger partial charge < -0.3 is 9.88 Å². The Balaban J connectivity index is 0.00000192. The van der Waals surface area contributed by atoms with Gasteiger partial charge in [-0.05, 0) is 38.4 Å². The molecule has 2 heterocycles. The lowest BCUT2D eigenvalue weighted by atomic mass is 9.97. The van der Waals surface area contributed by atoms with Gasteiger partial charge in [0.1, 0.15) is 4.90 Å². The van der Waals surface area contributed by atoms with Gasteiger partial charge in [-0.15, -0.1) is 12.4 Å². The van der Waals surface area contributed by atoms with Gasteiger partial charge in [0.2, 0.25) is 10.0 Å². The van der Waals surface area contributed by atoms with Crippen molar-refractivity contribution in [2.24, 2.45) is 13.0 Å². The minimum absolute atomic E-state index is 0. The number of sulfonamides is 1. The Hall–Kier alpha value is -1.08. The molecule has 1 aromatic carbocycles. The topological polar surface area (TPSA) is 63.1 Å². The molecule has 1 aromatic heterocycles. The van der Waals surface area contributed by atoms with Crippen LogP contribution in [0.2, 0.25) is 0 Å². The number of nitrogens with zero attached hydrogens (tertiary/aromatic N) is 1. The summed E-state index contributed by atoms with van der Waals surface area (Å²) in [7, 11) is -1.62. The molecule has 0 bridgehead atoms. The second kappa shape index (κ2) is 6.81. The van der Waals surface area contributed by atoms with Crippen molar-refractivity contribution in [3.63, 3.8) is 0 Å². The largest absolute Gasteiger partial charge is 0.347 e. The maximum Gasteiger partial charge on any atom is 0.243 e. The van der Waals surface area contributed by atoms with E-state index in [1.54, 1.807) is 0 Å². The molecule has 2 aromatic rings. The SMILES string of the molecule is Cc1c(S(=O)(=O)NC2CCNCC2C)c2ccccc2n1C.Cl. The molecule has 0 radical (unpaired) electrons. The minimum Gasteiger partial charge on any atom is -0.347 e.